The third kappa shape index (κ3) is 4.76. The first-order valence-corrected chi connectivity index (χ1v) is 12.4. The number of aryl methyl sites for hydroxylation is 2. The number of amides is 3. The molecule has 1 aliphatic carbocycles. The monoisotopic (exact) mass is 469 g/mol. The van der Waals surface area contributed by atoms with Crippen LogP contribution in [0.3, 0.4) is 0 Å². The van der Waals surface area contributed by atoms with Crippen LogP contribution in [0.4, 0.5) is 5.69 Å². The average Bonchev–Trinajstić information content (AvgIpc) is 3.10. The van der Waals surface area contributed by atoms with Gasteiger partial charge in [0.1, 0.15) is 6.04 Å². The van der Waals surface area contributed by atoms with Crippen molar-refractivity contribution in [3.05, 3.63) is 41.5 Å². The fourth-order valence-electron chi connectivity index (χ4n) is 5.78. The number of nitrogens with zero attached hydrogens (tertiary/aromatic N) is 1. The van der Waals surface area contributed by atoms with E-state index in [-0.39, 0.29) is 36.2 Å². The maximum absolute atomic E-state index is 13.9. The predicted molar refractivity (Wildman–Crippen MR) is 133 cm³/mol. The topological polar surface area (TPSA) is 98.7 Å². The molecule has 1 aromatic carbocycles. The van der Waals surface area contributed by atoms with Gasteiger partial charge in [-0.25, -0.2) is 0 Å². The molecule has 0 bridgehead atoms. The van der Waals surface area contributed by atoms with Gasteiger partial charge < -0.3 is 20.6 Å². The van der Waals surface area contributed by atoms with Crippen LogP contribution in [-0.4, -0.2) is 53.5 Å². The maximum atomic E-state index is 13.9. The number of allylic oxidation sites excluding steroid dienone is 1. The van der Waals surface area contributed by atoms with Gasteiger partial charge in [-0.3, -0.25) is 14.4 Å². The fourth-order valence-corrected chi connectivity index (χ4v) is 5.78. The molecule has 6 atom stereocenters. The largest absolute Gasteiger partial charge is 0.394 e. The highest BCUT2D eigenvalue weighted by atomic mass is 16.3. The second-order valence-corrected chi connectivity index (χ2v) is 10.1. The Hall–Kier alpha value is -2.67. The lowest BCUT2D eigenvalue weighted by Gasteiger charge is -2.34. The van der Waals surface area contributed by atoms with Crippen LogP contribution in [0, 0.1) is 43.4 Å². The van der Waals surface area contributed by atoms with E-state index >= 15 is 0 Å². The number of hydrogen-bond acceptors (Lipinski definition) is 4. The summed E-state index contributed by atoms with van der Waals surface area (Å²) in [6.45, 7) is 9.70. The lowest BCUT2D eigenvalue weighted by Crippen LogP contribution is -2.51. The third-order valence-corrected chi connectivity index (χ3v) is 7.41. The molecule has 3 N–H and O–H groups in total. The number of aliphatic hydroxyl groups is 1. The van der Waals surface area contributed by atoms with E-state index in [2.05, 4.69) is 10.6 Å². The molecule has 3 rings (SSSR count). The average molecular weight is 470 g/mol. The summed E-state index contributed by atoms with van der Waals surface area (Å²) in [7, 11) is 1.58. The van der Waals surface area contributed by atoms with E-state index in [1.807, 2.05) is 65.0 Å². The van der Waals surface area contributed by atoms with Gasteiger partial charge in [-0.2, -0.15) is 0 Å². The van der Waals surface area contributed by atoms with Crippen molar-refractivity contribution in [2.24, 2.45) is 29.6 Å². The minimum Gasteiger partial charge on any atom is -0.394 e. The van der Waals surface area contributed by atoms with Crippen molar-refractivity contribution in [3.63, 3.8) is 0 Å². The second-order valence-electron chi connectivity index (χ2n) is 10.1. The van der Waals surface area contributed by atoms with E-state index in [0.29, 0.717) is 6.42 Å². The molecular weight excluding hydrogens is 430 g/mol. The summed E-state index contributed by atoms with van der Waals surface area (Å²) < 4.78 is 0. The van der Waals surface area contributed by atoms with Gasteiger partial charge in [0.05, 0.1) is 24.5 Å². The number of benzene rings is 1. The zero-order chi connectivity index (χ0) is 25.2. The number of likely N-dealkylation sites (tertiary alicyclic amines) is 1. The third-order valence-electron chi connectivity index (χ3n) is 7.41. The molecule has 7 heteroatoms. The number of anilines is 1. The fraction of sp³-hybridized carbons (Fsp3) is 0.593. The zero-order valence-electron chi connectivity index (χ0n) is 21.2. The van der Waals surface area contributed by atoms with Gasteiger partial charge >= 0.3 is 0 Å². The number of rotatable bonds is 8. The maximum Gasteiger partial charge on any atom is 0.247 e. The smallest absolute Gasteiger partial charge is 0.247 e. The van der Waals surface area contributed by atoms with Crippen molar-refractivity contribution in [3.8, 4) is 0 Å². The van der Waals surface area contributed by atoms with Crippen molar-refractivity contribution >= 4 is 23.4 Å². The van der Waals surface area contributed by atoms with E-state index in [1.54, 1.807) is 11.9 Å². The standard InChI is InChI=1S/C27H39N3O4/c1-7-18-11-12-20-22(21(18)25(32)28-6)27(34)30(19(14-31)13-15(2)3)24(20)26(33)29-23-16(4)9-8-10-17(23)5/h8-12,15,18-22,24,31H,7,13-14H2,1-6H3,(H,28,32)(H,29,33)/t18-,19-,20+,21-,22-,24+/m1/s1. The van der Waals surface area contributed by atoms with Gasteiger partial charge in [0.2, 0.25) is 17.7 Å². The molecule has 0 radical (unpaired) electrons. The van der Waals surface area contributed by atoms with Gasteiger partial charge in [0, 0.05) is 18.7 Å². The normalized spacial score (nSPS) is 27.0. The van der Waals surface area contributed by atoms with Crippen molar-refractivity contribution in [2.45, 2.75) is 59.5 Å². The van der Waals surface area contributed by atoms with Crippen LogP contribution in [0.2, 0.25) is 0 Å². The zero-order valence-corrected chi connectivity index (χ0v) is 21.2. The van der Waals surface area contributed by atoms with Gasteiger partial charge in [-0.15, -0.1) is 0 Å². The number of nitrogens with one attached hydrogen (secondary N) is 2. The molecule has 186 valence electrons. The van der Waals surface area contributed by atoms with E-state index in [9.17, 15) is 19.5 Å². The van der Waals surface area contributed by atoms with Gasteiger partial charge in [-0.1, -0.05) is 51.1 Å². The molecule has 0 spiro atoms. The molecule has 0 unspecified atom stereocenters. The second kappa shape index (κ2) is 10.7. The number of para-hydroxylation sites is 1. The molecule has 0 saturated carbocycles. The molecule has 3 amide bonds. The highest BCUT2D eigenvalue weighted by Gasteiger charge is 2.58. The number of carbonyl (C=O) groups is 3. The lowest BCUT2D eigenvalue weighted by atomic mass is 9.69. The molecule has 1 aromatic rings. The Morgan fingerprint density at radius 1 is 1.12 bits per heavy atom. The summed E-state index contributed by atoms with van der Waals surface area (Å²) in [5.41, 5.74) is 2.62. The predicted octanol–water partition coefficient (Wildman–Crippen LogP) is 3.05. The summed E-state index contributed by atoms with van der Waals surface area (Å²) in [6.07, 6.45) is 5.24. The Kier molecular flexibility index (Phi) is 8.18. The minimum atomic E-state index is -0.798. The summed E-state index contributed by atoms with van der Waals surface area (Å²) in [6, 6.07) is 4.52. The molecule has 7 nitrogen and oxygen atoms in total. The highest BCUT2D eigenvalue weighted by Crippen LogP contribution is 2.46. The van der Waals surface area contributed by atoms with Crippen LogP contribution >= 0.6 is 0 Å². The molecule has 0 aromatic heterocycles. The molecule has 34 heavy (non-hydrogen) atoms. The van der Waals surface area contributed by atoms with E-state index in [0.717, 1.165) is 23.2 Å². The number of aliphatic hydroxyl groups excluding tert-OH is 1. The minimum absolute atomic E-state index is 0.0786. The molecule has 1 aliphatic heterocycles. The van der Waals surface area contributed by atoms with Crippen LogP contribution in [0.1, 0.15) is 44.7 Å². The van der Waals surface area contributed by atoms with Gasteiger partial charge in [0.25, 0.3) is 0 Å². The molecule has 2 aliphatic rings. The molecular formula is C27H39N3O4. The van der Waals surface area contributed by atoms with Gasteiger partial charge in [-0.05, 0) is 49.7 Å². The van der Waals surface area contributed by atoms with Crippen molar-refractivity contribution in [1.29, 1.82) is 0 Å². The Morgan fingerprint density at radius 3 is 2.29 bits per heavy atom. The SMILES string of the molecule is CC[C@@H]1C=C[C@H]2[C@@H](C(=O)N([C@@H](CO)CC(C)C)[C@@H]2C(=O)Nc2c(C)cccc2C)[C@@H]1C(=O)NC. The first-order chi connectivity index (χ1) is 16.2. The van der Waals surface area contributed by atoms with E-state index in [1.165, 1.54) is 0 Å². The number of carbonyl (C=O) groups excluding carboxylic acids is 3. The highest BCUT2D eigenvalue weighted by molar-refractivity contribution is 6.02. The molecule has 1 heterocycles. The van der Waals surface area contributed by atoms with Crippen LogP contribution in [-0.2, 0) is 14.4 Å². The summed E-state index contributed by atoms with van der Waals surface area (Å²) in [4.78, 5) is 42.3. The Bertz CT molecular complexity index is 937. The molecule has 1 fully saturated rings. The number of fused-ring (bicyclic) bond motifs is 1. The summed E-state index contributed by atoms with van der Waals surface area (Å²) in [5, 5.41) is 16.1. The quantitative estimate of drug-likeness (QED) is 0.510. The van der Waals surface area contributed by atoms with Crippen LogP contribution in [0.5, 0.6) is 0 Å². The van der Waals surface area contributed by atoms with Crippen LogP contribution in [0.25, 0.3) is 0 Å². The Morgan fingerprint density at radius 2 is 1.76 bits per heavy atom. The van der Waals surface area contributed by atoms with Crippen molar-refractivity contribution in [2.75, 3.05) is 19.0 Å². The van der Waals surface area contributed by atoms with Crippen molar-refractivity contribution in [1.82, 2.24) is 10.2 Å². The lowest BCUT2D eigenvalue weighted by molar-refractivity contribution is -0.143. The first kappa shape index (κ1) is 25.9. The van der Waals surface area contributed by atoms with Crippen LogP contribution < -0.4 is 10.6 Å². The Balaban J connectivity index is 2.08. The summed E-state index contributed by atoms with van der Waals surface area (Å²) in [5.74, 6) is -2.16. The van der Waals surface area contributed by atoms with Gasteiger partial charge in [0.15, 0.2) is 0 Å². The van der Waals surface area contributed by atoms with Crippen LogP contribution in [0.15, 0.2) is 30.4 Å². The van der Waals surface area contributed by atoms with E-state index < -0.39 is 29.8 Å². The first-order valence-electron chi connectivity index (χ1n) is 12.4. The van der Waals surface area contributed by atoms with Crippen molar-refractivity contribution < 1.29 is 19.5 Å². The molecule has 1 saturated heterocycles. The van der Waals surface area contributed by atoms with E-state index in [4.69, 9.17) is 0 Å². The summed E-state index contributed by atoms with van der Waals surface area (Å²) >= 11 is 0. The Labute approximate surface area is 203 Å². The number of hydrogen-bond donors (Lipinski definition) is 3.